The van der Waals surface area contributed by atoms with Gasteiger partial charge in [-0.25, -0.2) is 4.98 Å². The van der Waals surface area contributed by atoms with E-state index in [1.807, 2.05) is 12.1 Å². The highest BCUT2D eigenvalue weighted by atomic mass is 16.4. The van der Waals surface area contributed by atoms with Gasteiger partial charge in [-0.2, -0.15) is 0 Å². The number of pyridine rings is 1. The van der Waals surface area contributed by atoms with E-state index in [9.17, 15) is 4.79 Å². The lowest BCUT2D eigenvalue weighted by Crippen LogP contribution is -2.24. The van der Waals surface area contributed by atoms with Crippen LogP contribution in [0.4, 0.5) is 6.01 Å². The Kier molecular flexibility index (Phi) is 5.30. The Labute approximate surface area is 133 Å². The molecule has 2 rings (SSSR count). The first-order valence-electron chi connectivity index (χ1n) is 6.80. The number of amides is 1. The van der Waals surface area contributed by atoms with Crippen molar-refractivity contribution in [3.8, 4) is 23.7 Å². The van der Waals surface area contributed by atoms with Crippen molar-refractivity contribution in [2.24, 2.45) is 5.84 Å². The fourth-order valence-corrected chi connectivity index (χ4v) is 1.69. The van der Waals surface area contributed by atoms with Crippen molar-refractivity contribution in [2.45, 2.75) is 13.5 Å². The molecule has 8 nitrogen and oxygen atoms in total. The molecule has 2 aromatic heterocycles. The normalized spacial score (nSPS) is 10.9. The molecule has 2 heterocycles. The summed E-state index contributed by atoms with van der Waals surface area (Å²) in [6.07, 6.45) is 8.03. The van der Waals surface area contributed by atoms with Gasteiger partial charge in [0.25, 0.3) is 0 Å². The summed E-state index contributed by atoms with van der Waals surface area (Å²) in [6, 6.07) is 5.63. The molecular formula is C15H17N6O2+. The molecule has 0 unspecified atom stereocenters. The molecule has 8 heteroatoms. The van der Waals surface area contributed by atoms with Crippen molar-refractivity contribution < 1.29 is 13.9 Å². The van der Waals surface area contributed by atoms with E-state index < -0.39 is 0 Å². The van der Waals surface area contributed by atoms with Gasteiger partial charge in [-0.1, -0.05) is 17.0 Å². The number of terminal acetylenes is 1. The number of nitrogens with zero attached hydrogens (tertiary/aromatic N) is 3. The van der Waals surface area contributed by atoms with Crippen LogP contribution in [-0.4, -0.2) is 33.4 Å². The summed E-state index contributed by atoms with van der Waals surface area (Å²) in [4.78, 5) is 19.6. The number of carbonyl (C=O) groups excluding carboxylic acids is 1. The van der Waals surface area contributed by atoms with Crippen molar-refractivity contribution in [1.29, 1.82) is 0 Å². The van der Waals surface area contributed by atoms with Crippen LogP contribution >= 0.6 is 0 Å². The lowest BCUT2D eigenvalue weighted by Gasteiger charge is -2.02. The Hall–Kier alpha value is -3.34. The van der Waals surface area contributed by atoms with Gasteiger partial charge in [-0.15, -0.1) is 11.1 Å². The maximum absolute atomic E-state index is 11.0. The molecule has 2 aromatic rings. The number of hydrazine groups is 1. The van der Waals surface area contributed by atoms with Crippen LogP contribution < -0.4 is 16.5 Å². The molecule has 0 atom stereocenters. The van der Waals surface area contributed by atoms with Crippen LogP contribution in [0, 0.1) is 12.3 Å². The molecule has 23 heavy (non-hydrogen) atoms. The topological polar surface area (TPSA) is 109 Å². The zero-order chi connectivity index (χ0) is 16.7. The number of aromatic nitrogens is 2. The molecule has 0 saturated carbocycles. The van der Waals surface area contributed by atoms with Gasteiger partial charge in [0.05, 0.1) is 12.2 Å². The average Bonchev–Trinajstić information content (AvgIpc) is 3.03. The molecule has 0 aromatic carbocycles. The molecule has 0 spiro atoms. The van der Waals surface area contributed by atoms with Gasteiger partial charge in [-0.05, 0) is 12.1 Å². The van der Waals surface area contributed by atoms with E-state index in [-0.39, 0.29) is 11.9 Å². The third kappa shape index (κ3) is 4.57. The summed E-state index contributed by atoms with van der Waals surface area (Å²) in [5.41, 5.74) is 1.87. The standard InChI is InChI=1S/C15H16N6O2/c1-3-7-17-10-21(16)15-20-14(9-23-15)13-6-4-5-12(19-13)8-18-11(2)22/h1,4-6,9-10H,7-8,16H2,2H3,(H,18,22)/p+1. The lowest BCUT2D eigenvalue weighted by molar-refractivity contribution is -0.468. The number of carbonyl (C=O) groups is 1. The monoisotopic (exact) mass is 313 g/mol. The Morgan fingerprint density at radius 3 is 3.04 bits per heavy atom. The van der Waals surface area contributed by atoms with Gasteiger partial charge >= 0.3 is 6.01 Å². The number of hydrogen-bond acceptors (Lipinski definition) is 5. The van der Waals surface area contributed by atoms with Gasteiger partial charge in [-0.3, -0.25) is 16.0 Å². The van der Waals surface area contributed by atoms with Crippen molar-refractivity contribution in [1.82, 2.24) is 20.6 Å². The number of rotatable bonds is 6. The summed E-state index contributed by atoms with van der Waals surface area (Å²) in [5, 5.41) is 5.49. The number of hydrogen-bond donors (Lipinski definition) is 3. The molecule has 118 valence electrons. The van der Waals surface area contributed by atoms with E-state index >= 15 is 0 Å². The largest absolute Gasteiger partial charge is 0.461 e. The van der Waals surface area contributed by atoms with Gasteiger partial charge in [0.2, 0.25) is 17.9 Å². The second-order valence-electron chi connectivity index (χ2n) is 4.56. The highest BCUT2D eigenvalue weighted by Crippen LogP contribution is 2.19. The molecule has 0 aliphatic heterocycles. The minimum atomic E-state index is -0.116. The Morgan fingerprint density at radius 1 is 1.48 bits per heavy atom. The first-order valence-corrected chi connectivity index (χ1v) is 6.80. The third-order valence-electron chi connectivity index (χ3n) is 2.74. The molecule has 0 aliphatic carbocycles. The predicted molar refractivity (Wildman–Crippen MR) is 84.3 cm³/mol. The van der Waals surface area contributed by atoms with Gasteiger partial charge in [0, 0.05) is 6.92 Å². The second-order valence-corrected chi connectivity index (χ2v) is 4.56. The minimum Gasteiger partial charge on any atom is -0.404 e. The molecule has 1 amide bonds. The Morgan fingerprint density at radius 2 is 2.30 bits per heavy atom. The molecule has 4 N–H and O–H groups in total. The zero-order valence-corrected chi connectivity index (χ0v) is 12.6. The van der Waals surface area contributed by atoms with E-state index in [1.54, 1.807) is 6.07 Å². The first kappa shape index (κ1) is 16.0. The molecule has 0 saturated heterocycles. The van der Waals surface area contributed by atoms with Crippen LogP contribution in [0.3, 0.4) is 0 Å². The van der Waals surface area contributed by atoms with Crippen LogP contribution in [0.2, 0.25) is 0 Å². The summed E-state index contributed by atoms with van der Waals surface area (Å²) < 4.78 is 6.49. The van der Waals surface area contributed by atoms with E-state index in [0.29, 0.717) is 30.2 Å². The average molecular weight is 313 g/mol. The van der Waals surface area contributed by atoms with Crippen molar-refractivity contribution in [3.63, 3.8) is 0 Å². The van der Waals surface area contributed by atoms with Crippen LogP contribution in [0.5, 0.6) is 0 Å². The number of oxazole rings is 1. The van der Waals surface area contributed by atoms with Crippen molar-refractivity contribution in [3.05, 3.63) is 30.2 Å². The maximum Gasteiger partial charge on any atom is 0.461 e. The van der Waals surface area contributed by atoms with Crippen LogP contribution in [-0.2, 0) is 11.3 Å². The fraction of sp³-hybridized carbons (Fsp3) is 0.200. The van der Waals surface area contributed by atoms with Gasteiger partial charge in [0.1, 0.15) is 18.5 Å². The lowest BCUT2D eigenvalue weighted by atomic mass is 10.2. The number of nitrogens with two attached hydrogens (primary N) is 1. The summed E-state index contributed by atoms with van der Waals surface area (Å²) >= 11 is 0. The number of nitrogens with one attached hydrogen (secondary N) is 2. The van der Waals surface area contributed by atoms with E-state index in [1.165, 1.54) is 24.2 Å². The maximum atomic E-state index is 11.0. The van der Waals surface area contributed by atoms with E-state index in [2.05, 4.69) is 26.5 Å². The zero-order valence-electron chi connectivity index (χ0n) is 12.6. The van der Waals surface area contributed by atoms with Crippen LogP contribution in [0.15, 0.2) is 28.9 Å². The van der Waals surface area contributed by atoms with E-state index in [0.717, 1.165) is 0 Å². The summed E-state index contributed by atoms with van der Waals surface area (Å²) in [5.74, 6) is 8.06. The quantitative estimate of drug-likeness (QED) is 0.133. The van der Waals surface area contributed by atoms with Crippen LogP contribution in [0.25, 0.3) is 11.4 Å². The highest BCUT2D eigenvalue weighted by molar-refractivity contribution is 5.72. The second kappa shape index (κ2) is 7.61. The van der Waals surface area contributed by atoms with Crippen LogP contribution in [0.1, 0.15) is 12.6 Å². The minimum absolute atomic E-state index is 0.116. The molecular weight excluding hydrogens is 296 g/mol. The smallest absolute Gasteiger partial charge is 0.404 e. The third-order valence-corrected chi connectivity index (χ3v) is 2.74. The summed E-state index contributed by atoms with van der Waals surface area (Å²) in [7, 11) is 0. The number of hydrazone groups is 1. The molecule has 0 aliphatic rings. The first-order chi connectivity index (χ1) is 11.1. The summed E-state index contributed by atoms with van der Waals surface area (Å²) in [6.45, 7) is 2.14. The molecule has 0 bridgehead atoms. The van der Waals surface area contributed by atoms with Gasteiger partial charge < -0.3 is 9.73 Å². The Balaban J connectivity index is 2.14. The van der Waals surface area contributed by atoms with E-state index in [4.69, 9.17) is 16.7 Å². The van der Waals surface area contributed by atoms with Crippen molar-refractivity contribution in [2.75, 3.05) is 6.54 Å². The predicted octanol–water partition coefficient (Wildman–Crippen LogP) is 0.142. The fourth-order valence-electron chi connectivity index (χ4n) is 1.69. The molecule has 0 radical (unpaired) electrons. The molecule has 0 fully saturated rings. The Bertz CT molecular complexity index is 759. The SMILES string of the molecule is C#CCNC=[N+](N)c1nc(-c2cccc(CNC(C)=O)n2)co1. The highest BCUT2D eigenvalue weighted by Gasteiger charge is 2.15. The van der Waals surface area contributed by atoms with Gasteiger partial charge in [0.15, 0.2) is 0 Å². The van der Waals surface area contributed by atoms with Crippen molar-refractivity contribution >= 4 is 18.3 Å².